The van der Waals surface area contributed by atoms with Gasteiger partial charge in [0.15, 0.2) is 5.16 Å². The fourth-order valence-electron chi connectivity index (χ4n) is 2.98. The van der Waals surface area contributed by atoms with Gasteiger partial charge < -0.3 is 10.6 Å². The van der Waals surface area contributed by atoms with E-state index in [-0.39, 0.29) is 17.6 Å². The monoisotopic (exact) mass is 373 g/mol. The Balaban J connectivity index is 1.63. The maximum absolute atomic E-state index is 12.3. The Labute approximate surface area is 157 Å². The molecule has 0 saturated carbocycles. The average molecular weight is 373 g/mol. The Morgan fingerprint density at radius 3 is 3.08 bits per heavy atom. The number of carbonyl (C=O) groups excluding carboxylic acids is 2. The summed E-state index contributed by atoms with van der Waals surface area (Å²) < 4.78 is 1.90. The minimum atomic E-state index is -0.440. The van der Waals surface area contributed by atoms with Crippen molar-refractivity contribution in [2.45, 2.75) is 43.8 Å². The van der Waals surface area contributed by atoms with Crippen LogP contribution in [0.1, 0.15) is 31.7 Å². The minimum absolute atomic E-state index is 0.0964. The molecule has 26 heavy (non-hydrogen) atoms. The van der Waals surface area contributed by atoms with Crippen molar-refractivity contribution in [2.24, 2.45) is 0 Å². The lowest BCUT2D eigenvalue weighted by Gasteiger charge is -2.15. The van der Waals surface area contributed by atoms with Crippen molar-refractivity contribution in [3.8, 4) is 5.69 Å². The lowest BCUT2D eigenvalue weighted by Crippen LogP contribution is -2.46. The standard InChI is InChI=1S/C18H23N5O2S/c1-2-13-7-3-4-9-15(13)23-12-20-22-18(23)26-11-16(24)21-14-8-5-6-10-19-17(14)25/h3-4,7,9,12,14H,2,5-6,8,10-11H2,1H3,(H,19,25)(H,21,24). The molecule has 2 amide bonds. The molecule has 2 aromatic rings. The van der Waals surface area contributed by atoms with Crippen LogP contribution in [-0.4, -0.2) is 44.9 Å². The fourth-order valence-corrected chi connectivity index (χ4v) is 3.71. The van der Waals surface area contributed by atoms with Crippen LogP contribution >= 0.6 is 11.8 Å². The largest absolute Gasteiger partial charge is 0.354 e. The Hall–Kier alpha value is -2.35. The lowest BCUT2D eigenvalue weighted by atomic mass is 10.1. The molecule has 3 rings (SSSR count). The summed E-state index contributed by atoms with van der Waals surface area (Å²) in [7, 11) is 0. The number of amides is 2. The number of rotatable bonds is 6. The van der Waals surface area contributed by atoms with Crippen LogP contribution < -0.4 is 10.6 Å². The van der Waals surface area contributed by atoms with Gasteiger partial charge in [0.25, 0.3) is 0 Å². The third-order valence-electron chi connectivity index (χ3n) is 4.35. The number of thioether (sulfide) groups is 1. The summed E-state index contributed by atoms with van der Waals surface area (Å²) in [4.78, 5) is 24.2. The number of hydrogen-bond acceptors (Lipinski definition) is 5. The van der Waals surface area contributed by atoms with E-state index in [9.17, 15) is 9.59 Å². The van der Waals surface area contributed by atoms with Gasteiger partial charge in [-0.3, -0.25) is 14.2 Å². The summed E-state index contributed by atoms with van der Waals surface area (Å²) in [5.74, 6) is -0.0761. The first kappa shape index (κ1) is 18.4. The number of carbonyl (C=O) groups is 2. The highest BCUT2D eigenvalue weighted by molar-refractivity contribution is 7.99. The topological polar surface area (TPSA) is 88.9 Å². The quantitative estimate of drug-likeness (QED) is 0.753. The number of hydrogen-bond donors (Lipinski definition) is 2. The first-order chi connectivity index (χ1) is 12.7. The Bertz CT molecular complexity index is 776. The number of para-hydroxylation sites is 1. The zero-order valence-corrected chi connectivity index (χ0v) is 15.6. The van der Waals surface area contributed by atoms with E-state index in [1.807, 2.05) is 22.8 Å². The predicted octanol–water partition coefficient (Wildman–Crippen LogP) is 1.71. The van der Waals surface area contributed by atoms with Gasteiger partial charge in [0.05, 0.1) is 11.4 Å². The van der Waals surface area contributed by atoms with Crippen molar-refractivity contribution >= 4 is 23.6 Å². The number of nitrogens with zero attached hydrogens (tertiary/aromatic N) is 3. The fraction of sp³-hybridized carbons (Fsp3) is 0.444. The molecule has 0 radical (unpaired) electrons. The third kappa shape index (κ3) is 4.43. The maximum atomic E-state index is 12.3. The summed E-state index contributed by atoms with van der Waals surface area (Å²) in [6.45, 7) is 2.78. The molecule has 1 saturated heterocycles. The molecular weight excluding hydrogens is 350 g/mol. The molecule has 1 fully saturated rings. The molecule has 1 atom stereocenters. The third-order valence-corrected chi connectivity index (χ3v) is 5.29. The molecule has 0 aliphatic carbocycles. The van der Waals surface area contributed by atoms with Crippen LogP contribution in [0.25, 0.3) is 5.69 Å². The summed E-state index contributed by atoms with van der Waals surface area (Å²) >= 11 is 1.32. The normalized spacial score (nSPS) is 17.4. The van der Waals surface area contributed by atoms with Gasteiger partial charge in [-0.25, -0.2) is 0 Å². The summed E-state index contributed by atoms with van der Waals surface area (Å²) in [6, 6.07) is 7.62. The van der Waals surface area contributed by atoms with E-state index in [1.54, 1.807) is 6.33 Å². The maximum Gasteiger partial charge on any atom is 0.242 e. The second kappa shape index (κ2) is 8.84. The molecular formula is C18H23N5O2S. The van der Waals surface area contributed by atoms with Crippen molar-refractivity contribution in [3.63, 3.8) is 0 Å². The number of benzene rings is 1. The first-order valence-corrected chi connectivity index (χ1v) is 9.85. The molecule has 1 aromatic heterocycles. The van der Waals surface area contributed by atoms with Crippen LogP contribution in [0.3, 0.4) is 0 Å². The summed E-state index contributed by atoms with van der Waals surface area (Å²) in [5, 5.41) is 14.4. The Morgan fingerprint density at radius 1 is 1.38 bits per heavy atom. The van der Waals surface area contributed by atoms with Gasteiger partial charge in [0.1, 0.15) is 12.4 Å². The van der Waals surface area contributed by atoms with Crippen molar-refractivity contribution in [2.75, 3.05) is 12.3 Å². The van der Waals surface area contributed by atoms with Crippen LogP contribution in [0.2, 0.25) is 0 Å². The number of aryl methyl sites for hydroxylation is 1. The Morgan fingerprint density at radius 2 is 2.23 bits per heavy atom. The molecule has 8 heteroatoms. The van der Waals surface area contributed by atoms with Crippen LogP contribution in [-0.2, 0) is 16.0 Å². The summed E-state index contributed by atoms with van der Waals surface area (Å²) in [5.41, 5.74) is 2.21. The molecule has 1 unspecified atom stereocenters. The van der Waals surface area contributed by atoms with Crippen molar-refractivity contribution in [3.05, 3.63) is 36.2 Å². The highest BCUT2D eigenvalue weighted by Crippen LogP contribution is 2.22. The van der Waals surface area contributed by atoms with Crippen molar-refractivity contribution < 1.29 is 9.59 Å². The van der Waals surface area contributed by atoms with E-state index in [4.69, 9.17) is 0 Å². The second-order valence-electron chi connectivity index (χ2n) is 6.16. The smallest absolute Gasteiger partial charge is 0.242 e. The molecule has 7 nitrogen and oxygen atoms in total. The van der Waals surface area contributed by atoms with E-state index < -0.39 is 6.04 Å². The van der Waals surface area contributed by atoms with Crippen LogP contribution in [0.4, 0.5) is 0 Å². The number of aromatic nitrogens is 3. The highest BCUT2D eigenvalue weighted by atomic mass is 32.2. The molecule has 0 bridgehead atoms. The summed E-state index contributed by atoms with van der Waals surface area (Å²) in [6.07, 6.45) is 5.12. The molecule has 2 N–H and O–H groups in total. The average Bonchev–Trinajstić information content (AvgIpc) is 3.04. The first-order valence-electron chi connectivity index (χ1n) is 8.87. The van der Waals surface area contributed by atoms with E-state index >= 15 is 0 Å². The number of nitrogens with one attached hydrogen (secondary N) is 2. The lowest BCUT2D eigenvalue weighted by molar-refractivity contribution is -0.127. The van der Waals surface area contributed by atoms with Crippen molar-refractivity contribution in [1.82, 2.24) is 25.4 Å². The van der Waals surface area contributed by atoms with Crippen LogP contribution in [0, 0.1) is 0 Å². The van der Waals surface area contributed by atoms with Gasteiger partial charge in [-0.15, -0.1) is 10.2 Å². The van der Waals surface area contributed by atoms with Gasteiger partial charge in [-0.05, 0) is 37.3 Å². The molecule has 138 valence electrons. The van der Waals surface area contributed by atoms with Crippen LogP contribution in [0.5, 0.6) is 0 Å². The molecule has 1 aliphatic rings. The minimum Gasteiger partial charge on any atom is -0.354 e. The molecule has 0 spiro atoms. The van der Waals surface area contributed by atoms with Gasteiger partial charge in [0.2, 0.25) is 11.8 Å². The zero-order chi connectivity index (χ0) is 18.4. The predicted molar refractivity (Wildman–Crippen MR) is 100 cm³/mol. The van der Waals surface area contributed by atoms with Gasteiger partial charge in [-0.2, -0.15) is 0 Å². The molecule has 2 heterocycles. The van der Waals surface area contributed by atoms with Gasteiger partial charge in [-0.1, -0.05) is 36.9 Å². The Kier molecular flexibility index (Phi) is 6.27. The van der Waals surface area contributed by atoms with Crippen molar-refractivity contribution in [1.29, 1.82) is 0 Å². The SMILES string of the molecule is CCc1ccccc1-n1cnnc1SCC(=O)NC1CCCCNC1=O. The molecule has 1 aliphatic heterocycles. The van der Waals surface area contributed by atoms with E-state index in [0.29, 0.717) is 18.1 Å². The van der Waals surface area contributed by atoms with E-state index in [1.165, 1.54) is 17.3 Å². The molecule has 1 aromatic carbocycles. The van der Waals surface area contributed by atoms with E-state index in [0.717, 1.165) is 24.9 Å². The second-order valence-corrected chi connectivity index (χ2v) is 7.10. The van der Waals surface area contributed by atoms with Gasteiger partial charge in [0, 0.05) is 6.54 Å². The van der Waals surface area contributed by atoms with Crippen LogP contribution in [0.15, 0.2) is 35.7 Å². The highest BCUT2D eigenvalue weighted by Gasteiger charge is 2.22. The zero-order valence-electron chi connectivity index (χ0n) is 14.8. The van der Waals surface area contributed by atoms with E-state index in [2.05, 4.69) is 33.8 Å². The van der Waals surface area contributed by atoms with Gasteiger partial charge >= 0.3 is 0 Å².